The molecule has 2 nitrogen and oxygen atoms in total. The van der Waals surface area contributed by atoms with Crippen molar-refractivity contribution in [3.8, 4) is 0 Å². The third kappa shape index (κ3) is 3.04. The lowest BCUT2D eigenvalue weighted by molar-refractivity contribution is 0.300. The van der Waals surface area contributed by atoms with Gasteiger partial charge in [-0.25, -0.2) is 0 Å². The molecule has 0 amide bonds. The van der Waals surface area contributed by atoms with E-state index in [9.17, 15) is 0 Å². The average molecular weight is 154 g/mol. The second kappa shape index (κ2) is 4.52. The monoisotopic (exact) mass is 154 g/mol. The standard InChI is InChI=1S/C9H18N2/c1-3-5-11-7-4-6-10(2)8-9-11/h3H,1,4-9H2,2H3. The van der Waals surface area contributed by atoms with E-state index in [1.165, 1.54) is 32.6 Å². The van der Waals surface area contributed by atoms with E-state index in [1.54, 1.807) is 0 Å². The molecular formula is C9H18N2. The number of nitrogens with zero attached hydrogens (tertiary/aromatic N) is 2. The molecule has 0 saturated carbocycles. The van der Waals surface area contributed by atoms with Crippen LogP contribution < -0.4 is 0 Å². The van der Waals surface area contributed by atoms with Gasteiger partial charge in [-0.3, -0.25) is 4.90 Å². The minimum Gasteiger partial charge on any atom is -0.305 e. The van der Waals surface area contributed by atoms with Gasteiger partial charge in [0.2, 0.25) is 0 Å². The summed E-state index contributed by atoms with van der Waals surface area (Å²) < 4.78 is 0. The highest BCUT2D eigenvalue weighted by Crippen LogP contribution is 1.99. The van der Waals surface area contributed by atoms with E-state index < -0.39 is 0 Å². The van der Waals surface area contributed by atoms with Crippen molar-refractivity contribution < 1.29 is 0 Å². The lowest BCUT2D eigenvalue weighted by Gasteiger charge is -2.17. The fraction of sp³-hybridized carbons (Fsp3) is 0.778. The molecule has 0 aromatic rings. The summed E-state index contributed by atoms with van der Waals surface area (Å²) in [7, 11) is 2.19. The van der Waals surface area contributed by atoms with Gasteiger partial charge in [0.1, 0.15) is 0 Å². The van der Waals surface area contributed by atoms with Gasteiger partial charge < -0.3 is 4.90 Å². The summed E-state index contributed by atoms with van der Waals surface area (Å²) in [6, 6.07) is 0. The van der Waals surface area contributed by atoms with Gasteiger partial charge in [0.05, 0.1) is 0 Å². The summed E-state index contributed by atoms with van der Waals surface area (Å²) in [5.74, 6) is 0. The van der Waals surface area contributed by atoms with Gasteiger partial charge in [-0.15, -0.1) is 6.58 Å². The zero-order chi connectivity index (χ0) is 8.10. The first-order valence-electron chi connectivity index (χ1n) is 4.34. The van der Waals surface area contributed by atoms with E-state index in [0.29, 0.717) is 0 Å². The molecule has 0 aromatic carbocycles. The Balaban J connectivity index is 2.27. The lowest BCUT2D eigenvalue weighted by Crippen LogP contribution is -2.28. The van der Waals surface area contributed by atoms with E-state index in [4.69, 9.17) is 0 Å². The molecule has 64 valence electrons. The summed E-state index contributed by atoms with van der Waals surface area (Å²) in [6.07, 6.45) is 3.29. The van der Waals surface area contributed by atoms with E-state index in [2.05, 4.69) is 23.4 Å². The van der Waals surface area contributed by atoms with Crippen LogP contribution in [0.25, 0.3) is 0 Å². The van der Waals surface area contributed by atoms with Crippen LogP contribution in [0.5, 0.6) is 0 Å². The predicted octanol–water partition coefficient (Wildman–Crippen LogP) is 0.810. The molecule has 0 aliphatic carbocycles. The zero-order valence-electron chi connectivity index (χ0n) is 7.42. The fourth-order valence-electron chi connectivity index (χ4n) is 1.47. The maximum absolute atomic E-state index is 3.75. The molecule has 0 bridgehead atoms. The highest BCUT2D eigenvalue weighted by atomic mass is 15.2. The molecule has 0 aromatic heterocycles. The molecule has 0 N–H and O–H groups in total. The second-order valence-corrected chi connectivity index (χ2v) is 3.25. The maximum atomic E-state index is 3.75. The van der Waals surface area contributed by atoms with Crippen molar-refractivity contribution in [3.63, 3.8) is 0 Å². The molecular weight excluding hydrogens is 136 g/mol. The van der Waals surface area contributed by atoms with Crippen molar-refractivity contribution in [2.75, 3.05) is 39.8 Å². The Hall–Kier alpha value is -0.340. The summed E-state index contributed by atoms with van der Waals surface area (Å²) in [5, 5.41) is 0. The molecule has 0 atom stereocenters. The van der Waals surface area contributed by atoms with Gasteiger partial charge in [0.25, 0.3) is 0 Å². The Labute approximate surface area is 69.5 Å². The zero-order valence-corrected chi connectivity index (χ0v) is 7.42. The van der Waals surface area contributed by atoms with Crippen molar-refractivity contribution >= 4 is 0 Å². The minimum absolute atomic E-state index is 1.05. The fourth-order valence-corrected chi connectivity index (χ4v) is 1.47. The first-order valence-corrected chi connectivity index (χ1v) is 4.34. The lowest BCUT2D eigenvalue weighted by atomic mass is 10.4. The van der Waals surface area contributed by atoms with Crippen molar-refractivity contribution in [3.05, 3.63) is 12.7 Å². The molecule has 1 saturated heterocycles. The molecule has 1 aliphatic heterocycles. The van der Waals surface area contributed by atoms with Gasteiger partial charge >= 0.3 is 0 Å². The van der Waals surface area contributed by atoms with E-state index in [0.717, 1.165) is 6.54 Å². The minimum atomic E-state index is 1.05. The molecule has 2 heteroatoms. The maximum Gasteiger partial charge on any atom is 0.0161 e. The van der Waals surface area contributed by atoms with Crippen LogP contribution in [0.4, 0.5) is 0 Å². The Bertz CT molecular complexity index is 123. The smallest absolute Gasteiger partial charge is 0.0161 e. The van der Waals surface area contributed by atoms with Gasteiger partial charge in [-0.05, 0) is 26.6 Å². The van der Waals surface area contributed by atoms with Crippen LogP contribution >= 0.6 is 0 Å². The quantitative estimate of drug-likeness (QED) is 0.543. The molecule has 1 aliphatic rings. The molecule has 0 spiro atoms. The summed E-state index contributed by atoms with van der Waals surface area (Å²) in [5.41, 5.74) is 0. The number of hydrogen-bond donors (Lipinski definition) is 0. The first-order chi connectivity index (χ1) is 5.33. The SMILES string of the molecule is C=CCN1CCCN(C)CC1. The Morgan fingerprint density at radius 3 is 2.82 bits per heavy atom. The number of hydrogen-bond acceptors (Lipinski definition) is 2. The highest BCUT2D eigenvalue weighted by molar-refractivity contribution is 4.76. The Morgan fingerprint density at radius 2 is 2.09 bits per heavy atom. The van der Waals surface area contributed by atoms with E-state index in [1.807, 2.05) is 6.08 Å². The number of rotatable bonds is 2. The van der Waals surface area contributed by atoms with Crippen LogP contribution in [0.1, 0.15) is 6.42 Å². The molecule has 11 heavy (non-hydrogen) atoms. The van der Waals surface area contributed by atoms with Crippen LogP contribution in [0.3, 0.4) is 0 Å². The van der Waals surface area contributed by atoms with E-state index >= 15 is 0 Å². The topological polar surface area (TPSA) is 6.48 Å². The third-order valence-corrected chi connectivity index (χ3v) is 2.20. The van der Waals surface area contributed by atoms with Gasteiger partial charge in [0, 0.05) is 19.6 Å². The normalized spacial score (nSPS) is 23.0. The van der Waals surface area contributed by atoms with Gasteiger partial charge in [-0.2, -0.15) is 0 Å². The van der Waals surface area contributed by atoms with Gasteiger partial charge in [0.15, 0.2) is 0 Å². The van der Waals surface area contributed by atoms with Gasteiger partial charge in [-0.1, -0.05) is 6.08 Å². The van der Waals surface area contributed by atoms with Crippen molar-refractivity contribution in [1.82, 2.24) is 9.80 Å². The van der Waals surface area contributed by atoms with Crippen LogP contribution in [0, 0.1) is 0 Å². The van der Waals surface area contributed by atoms with Crippen LogP contribution in [0.15, 0.2) is 12.7 Å². The largest absolute Gasteiger partial charge is 0.305 e. The molecule has 1 heterocycles. The summed E-state index contributed by atoms with van der Waals surface area (Å²) in [4.78, 5) is 4.85. The van der Waals surface area contributed by atoms with Crippen molar-refractivity contribution in [2.45, 2.75) is 6.42 Å². The summed E-state index contributed by atoms with van der Waals surface area (Å²) in [6.45, 7) is 9.67. The molecule has 1 rings (SSSR count). The van der Waals surface area contributed by atoms with Crippen LogP contribution in [0.2, 0.25) is 0 Å². The molecule has 1 fully saturated rings. The van der Waals surface area contributed by atoms with E-state index in [-0.39, 0.29) is 0 Å². The van der Waals surface area contributed by atoms with Crippen molar-refractivity contribution in [1.29, 1.82) is 0 Å². The highest BCUT2D eigenvalue weighted by Gasteiger charge is 2.09. The Morgan fingerprint density at radius 1 is 1.27 bits per heavy atom. The second-order valence-electron chi connectivity index (χ2n) is 3.25. The Kier molecular flexibility index (Phi) is 3.60. The first kappa shape index (κ1) is 8.75. The molecule has 0 unspecified atom stereocenters. The van der Waals surface area contributed by atoms with Crippen molar-refractivity contribution in [2.24, 2.45) is 0 Å². The number of likely N-dealkylation sites (N-methyl/N-ethyl adjacent to an activating group) is 1. The third-order valence-electron chi connectivity index (χ3n) is 2.20. The average Bonchev–Trinajstić information content (AvgIpc) is 2.17. The van der Waals surface area contributed by atoms with Crippen LogP contribution in [-0.2, 0) is 0 Å². The predicted molar refractivity (Wildman–Crippen MR) is 48.8 cm³/mol. The molecule has 0 radical (unpaired) electrons. The summed E-state index contributed by atoms with van der Waals surface area (Å²) >= 11 is 0. The van der Waals surface area contributed by atoms with Crippen LogP contribution in [-0.4, -0.2) is 49.6 Å².